The second kappa shape index (κ2) is 4.38. The summed E-state index contributed by atoms with van der Waals surface area (Å²) in [5.74, 6) is -0.246. The van der Waals surface area contributed by atoms with Gasteiger partial charge >= 0.3 is 0 Å². The van der Waals surface area contributed by atoms with Crippen molar-refractivity contribution in [1.29, 1.82) is 0 Å². The van der Waals surface area contributed by atoms with Crippen molar-refractivity contribution in [3.8, 4) is 0 Å². The van der Waals surface area contributed by atoms with Crippen LogP contribution in [0, 0.1) is 0 Å². The number of aliphatic hydroxyl groups is 1. The van der Waals surface area contributed by atoms with Gasteiger partial charge in [-0.15, -0.1) is 0 Å². The number of nitrogens with two attached hydrogens (primary N) is 1. The molecule has 1 fully saturated rings. The predicted molar refractivity (Wildman–Crippen MR) is 62.5 cm³/mol. The summed E-state index contributed by atoms with van der Waals surface area (Å²) < 4.78 is 6.75. The first kappa shape index (κ1) is 11.9. The van der Waals surface area contributed by atoms with Crippen molar-refractivity contribution in [2.75, 3.05) is 25.5 Å². The van der Waals surface area contributed by atoms with Crippen LogP contribution in [0.4, 0.5) is 5.69 Å². The van der Waals surface area contributed by atoms with Gasteiger partial charge in [0, 0.05) is 32.8 Å². The maximum Gasteiger partial charge on any atom is 0.268 e. The summed E-state index contributed by atoms with van der Waals surface area (Å²) in [7, 11) is 1.75. The zero-order valence-corrected chi connectivity index (χ0v) is 9.77. The van der Waals surface area contributed by atoms with Crippen LogP contribution >= 0.6 is 0 Å². The molecule has 6 heteroatoms. The number of aromatic nitrogens is 1. The van der Waals surface area contributed by atoms with Gasteiger partial charge in [-0.3, -0.25) is 4.79 Å². The van der Waals surface area contributed by atoms with Gasteiger partial charge in [-0.25, -0.2) is 0 Å². The minimum Gasteiger partial charge on any atom is -0.397 e. The third-order valence-electron chi connectivity index (χ3n) is 2.92. The molecule has 6 nitrogen and oxygen atoms in total. The van der Waals surface area contributed by atoms with Crippen molar-refractivity contribution in [1.82, 2.24) is 9.88 Å². The molecule has 0 saturated carbocycles. The number of ether oxygens (including phenoxy) is 1. The van der Waals surface area contributed by atoms with Gasteiger partial charge < -0.3 is 25.5 Å². The minimum absolute atomic E-state index is 0.191. The number of carbonyl (C=O) groups excluding carboxylic acids is 1. The van der Waals surface area contributed by atoms with E-state index >= 15 is 0 Å². The lowest BCUT2D eigenvalue weighted by Gasteiger charge is -2.20. The summed E-state index contributed by atoms with van der Waals surface area (Å²) in [4.78, 5) is 11.8. The van der Waals surface area contributed by atoms with Crippen molar-refractivity contribution in [3.05, 3.63) is 18.0 Å². The lowest BCUT2D eigenvalue weighted by molar-refractivity contribution is 0.0263. The second-order valence-electron chi connectivity index (χ2n) is 4.48. The van der Waals surface area contributed by atoms with E-state index in [4.69, 9.17) is 10.5 Å². The van der Waals surface area contributed by atoms with Crippen LogP contribution in [0.2, 0.25) is 0 Å². The van der Waals surface area contributed by atoms with E-state index in [1.807, 2.05) is 0 Å². The molecule has 0 aliphatic carbocycles. The van der Waals surface area contributed by atoms with Gasteiger partial charge in [0.2, 0.25) is 0 Å². The Hall–Kier alpha value is -1.53. The molecule has 1 saturated heterocycles. The maximum absolute atomic E-state index is 11.8. The first-order valence-corrected chi connectivity index (χ1v) is 5.50. The number of nitrogen functional groups attached to an aromatic ring is 1. The van der Waals surface area contributed by atoms with Crippen molar-refractivity contribution < 1.29 is 14.6 Å². The Bertz CT molecular complexity index is 422. The number of rotatable bonds is 3. The molecule has 1 aliphatic heterocycles. The van der Waals surface area contributed by atoms with E-state index in [9.17, 15) is 9.90 Å². The number of anilines is 1. The predicted octanol–water partition coefficient (Wildman–Crippen LogP) is -0.511. The second-order valence-corrected chi connectivity index (χ2v) is 4.48. The average molecular weight is 239 g/mol. The first-order chi connectivity index (χ1) is 8.00. The molecule has 2 heterocycles. The van der Waals surface area contributed by atoms with Crippen LogP contribution in [-0.2, 0) is 11.8 Å². The first-order valence-electron chi connectivity index (χ1n) is 5.50. The van der Waals surface area contributed by atoms with E-state index in [0.717, 1.165) is 0 Å². The molecule has 2 rings (SSSR count). The fourth-order valence-electron chi connectivity index (χ4n) is 1.89. The number of nitrogens with one attached hydrogen (secondary N) is 1. The molecule has 0 bridgehead atoms. The summed E-state index contributed by atoms with van der Waals surface area (Å²) in [5.41, 5.74) is 5.67. The zero-order chi connectivity index (χ0) is 12.5. The molecule has 1 unspecified atom stereocenters. The standard InChI is InChI=1S/C11H17N3O3/c1-14-5-8(12)4-9(14)10(15)13-6-11(16)2-3-17-7-11/h4-5,16H,2-3,6-7,12H2,1H3,(H,13,15). The lowest BCUT2D eigenvalue weighted by Crippen LogP contribution is -2.43. The summed E-state index contributed by atoms with van der Waals surface area (Å²) >= 11 is 0. The average Bonchev–Trinajstić information content (AvgIpc) is 2.83. The summed E-state index contributed by atoms with van der Waals surface area (Å²) in [6.45, 7) is 0.989. The van der Waals surface area contributed by atoms with Gasteiger partial charge in [-0.05, 0) is 6.07 Å². The number of amides is 1. The highest BCUT2D eigenvalue weighted by atomic mass is 16.5. The van der Waals surface area contributed by atoms with E-state index in [1.54, 1.807) is 23.9 Å². The lowest BCUT2D eigenvalue weighted by atomic mass is 10.0. The smallest absolute Gasteiger partial charge is 0.268 e. The van der Waals surface area contributed by atoms with E-state index in [-0.39, 0.29) is 19.1 Å². The molecule has 4 N–H and O–H groups in total. The summed E-state index contributed by atoms with van der Waals surface area (Å²) in [6, 6.07) is 1.60. The highest BCUT2D eigenvalue weighted by Crippen LogP contribution is 2.17. The fourth-order valence-corrected chi connectivity index (χ4v) is 1.89. The van der Waals surface area contributed by atoms with E-state index < -0.39 is 5.60 Å². The SMILES string of the molecule is Cn1cc(N)cc1C(=O)NCC1(O)CCOC1. The molecule has 1 aliphatic rings. The molecule has 1 amide bonds. The molecule has 1 atom stereocenters. The largest absolute Gasteiger partial charge is 0.397 e. The molecule has 1 aromatic heterocycles. The molecule has 0 spiro atoms. The Morgan fingerprint density at radius 1 is 1.76 bits per heavy atom. The highest BCUT2D eigenvalue weighted by Gasteiger charge is 2.32. The molecule has 0 aromatic carbocycles. The fraction of sp³-hybridized carbons (Fsp3) is 0.545. The summed E-state index contributed by atoms with van der Waals surface area (Å²) in [5, 5.41) is 12.7. The molecule has 0 radical (unpaired) electrons. The van der Waals surface area contributed by atoms with Gasteiger partial charge in [0.25, 0.3) is 5.91 Å². The Morgan fingerprint density at radius 3 is 3.06 bits per heavy atom. The van der Waals surface area contributed by atoms with E-state index in [0.29, 0.717) is 24.4 Å². The van der Waals surface area contributed by atoms with Crippen LogP contribution in [0.5, 0.6) is 0 Å². The van der Waals surface area contributed by atoms with Gasteiger partial charge in [0.15, 0.2) is 0 Å². The maximum atomic E-state index is 11.8. The monoisotopic (exact) mass is 239 g/mol. The Labute approximate surface area is 99.4 Å². The molecular formula is C11H17N3O3. The van der Waals surface area contributed by atoms with Crippen LogP contribution < -0.4 is 11.1 Å². The number of hydrogen-bond donors (Lipinski definition) is 3. The minimum atomic E-state index is -0.938. The molecule has 17 heavy (non-hydrogen) atoms. The van der Waals surface area contributed by atoms with Crippen LogP contribution in [0.25, 0.3) is 0 Å². The quantitative estimate of drug-likeness (QED) is 0.662. The molecule has 1 aromatic rings. The van der Waals surface area contributed by atoms with Gasteiger partial charge in [-0.2, -0.15) is 0 Å². The highest BCUT2D eigenvalue weighted by molar-refractivity contribution is 5.93. The number of aryl methyl sites for hydroxylation is 1. The zero-order valence-electron chi connectivity index (χ0n) is 9.77. The molecular weight excluding hydrogens is 222 g/mol. The van der Waals surface area contributed by atoms with Crippen LogP contribution in [0.3, 0.4) is 0 Å². The topological polar surface area (TPSA) is 89.5 Å². The van der Waals surface area contributed by atoms with Crippen molar-refractivity contribution in [3.63, 3.8) is 0 Å². The number of carbonyl (C=O) groups is 1. The number of nitrogens with zero attached hydrogens (tertiary/aromatic N) is 1. The van der Waals surface area contributed by atoms with E-state index in [2.05, 4.69) is 5.32 Å². The van der Waals surface area contributed by atoms with Crippen LogP contribution in [-0.4, -0.2) is 40.9 Å². The molecule has 94 valence electrons. The Kier molecular flexibility index (Phi) is 3.08. The normalized spacial score (nSPS) is 23.9. The van der Waals surface area contributed by atoms with Crippen molar-refractivity contribution in [2.45, 2.75) is 12.0 Å². The third-order valence-corrected chi connectivity index (χ3v) is 2.92. The summed E-state index contributed by atoms with van der Waals surface area (Å²) in [6.07, 6.45) is 2.21. The van der Waals surface area contributed by atoms with Crippen LogP contribution in [0.1, 0.15) is 16.9 Å². The van der Waals surface area contributed by atoms with E-state index in [1.165, 1.54) is 0 Å². The van der Waals surface area contributed by atoms with Gasteiger partial charge in [-0.1, -0.05) is 0 Å². The van der Waals surface area contributed by atoms with Crippen molar-refractivity contribution in [2.24, 2.45) is 7.05 Å². The van der Waals surface area contributed by atoms with Crippen molar-refractivity contribution >= 4 is 11.6 Å². The number of hydrogen-bond acceptors (Lipinski definition) is 4. The van der Waals surface area contributed by atoms with Crippen LogP contribution in [0.15, 0.2) is 12.3 Å². The van der Waals surface area contributed by atoms with Gasteiger partial charge in [0.1, 0.15) is 11.3 Å². The Balaban J connectivity index is 1.95. The Morgan fingerprint density at radius 2 is 2.53 bits per heavy atom. The third kappa shape index (κ3) is 2.59. The van der Waals surface area contributed by atoms with Gasteiger partial charge in [0.05, 0.1) is 12.3 Å².